The van der Waals surface area contributed by atoms with Gasteiger partial charge in [-0.3, -0.25) is 0 Å². The van der Waals surface area contributed by atoms with Crippen molar-refractivity contribution in [2.45, 2.75) is 13.3 Å². The summed E-state index contributed by atoms with van der Waals surface area (Å²) in [6.07, 6.45) is 4.36. The largest absolute Gasteiger partial charge is 0.368 e. The number of anilines is 1. The molecule has 0 saturated carbocycles. The summed E-state index contributed by atoms with van der Waals surface area (Å²) in [5, 5.41) is 0. The van der Waals surface area contributed by atoms with E-state index in [0.717, 1.165) is 17.2 Å². The van der Waals surface area contributed by atoms with Crippen molar-refractivity contribution in [1.82, 2.24) is 19.5 Å². The van der Waals surface area contributed by atoms with Gasteiger partial charge in [-0.15, -0.1) is 0 Å². The van der Waals surface area contributed by atoms with Crippen LogP contribution in [0.15, 0.2) is 18.5 Å². The quantitative estimate of drug-likeness (QED) is 0.779. The molecule has 0 bridgehead atoms. The maximum atomic E-state index is 5.58. The zero-order valence-corrected chi connectivity index (χ0v) is 8.81. The zero-order valence-electron chi connectivity index (χ0n) is 8.81. The van der Waals surface area contributed by atoms with Gasteiger partial charge >= 0.3 is 0 Å². The molecule has 2 rings (SSSR count). The summed E-state index contributed by atoms with van der Waals surface area (Å²) < 4.78 is 1.97. The highest BCUT2D eigenvalue weighted by Crippen LogP contribution is 2.07. The fraction of sp³-hybridized carbons (Fsp3) is 0.300. The van der Waals surface area contributed by atoms with E-state index in [2.05, 4.69) is 15.0 Å². The average Bonchev–Trinajstić information content (AvgIpc) is 2.50. The predicted octanol–water partition coefficient (Wildman–Crippen LogP) is 0.692. The molecule has 2 aromatic rings. The zero-order chi connectivity index (χ0) is 10.8. The molecule has 0 aromatic carbocycles. The van der Waals surface area contributed by atoms with Crippen molar-refractivity contribution in [3.05, 3.63) is 35.7 Å². The molecule has 78 valence electrons. The number of nitrogens with two attached hydrogens (primary N) is 1. The minimum absolute atomic E-state index is 0.319. The number of nitrogens with zero attached hydrogens (tertiary/aromatic N) is 4. The van der Waals surface area contributed by atoms with Crippen molar-refractivity contribution in [3.8, 4) is 0 Å². The average molecular weight is 203 g/mol. The van der Waals surface area contributed by atoms with Crippen LogP contribution in [0.4, 0.5) is 5.95 Å². The number of aromatic nitrogens is 4. The Morgan fingerprint density at radius 2 is 2.20 bits per heavy atom. The first-order chi connectivity index (χ1) is 7.15. The van der Waals surface area contributed by atoms with Crippen LogP contribution in [0.5, 0.6) is 0 Å². The maximum absolute atomic E-state index is 5.58. The lowest BCUT2D eigenvalue weighted by Gasteiger charge is -2.03. The number of hydrogen-bond acceptors (Lipinski definition) is 4. The highest BCUT2D eigenvalue weighted by Gasteiger charge is 2.04. The predicted molar refractivity (Wildman–Crippen MR) is 57.2 cm³/mol. The van der Waals surface area contributed by atoms with Crippen molar-refractivity contribution >= 4 is 5.95 Å². The first kappa shape index (κ1) is 9.64. The Morgan fingerprint density at radius 3 is 2.80 bits per heavy atom. The van der Waals surface area contributed by atoms with E-state index in [-0.39, 0.29) is 0 Å². The van der Waals surface area contributed by atoms with E-state index in [1.807, 2.05) is 30.8 Å². The second kappa shape index (κ2) is 3.68. The van der Waals surface area contributed by atoms with Crippen LogP contribution in [0.3, 0.4) is 0 Å². The van der Waals surface area contributed by atoms with Gasteiger partial charge in [0, 0.05) is 31.6 Å². The first-order valence-corrected chi connectivity index (χ1v) is 4.71. The van der Waals surface area contributed by atoms with Crippen molar-refractivity contribution < 1.29 is 0 Å². The normalized spacial score (nSPS) is 10.5. The van der Waals surface area contributed by atoms with Crippen LogP contribution in [0.1, 0.15) is 17.2 Å². The monoisotopic (exact) mass is 203 g/mol. The second-order valence-electron chi connectivity index (χ2n) is 3.49. The molecule has 0 radical (unpaired) electrons. The molecule has 0 unspecified atom stereocenters. The van der Waals surface area contributed by atoms with E-state index in [9.17, 15) is 0 Å². The van der Waals surface area contributed by atoms with Gasteiger partial charge < -0.3 is 10.3 Å². The summed E-state index contributed by atoms with van der Waals surface area (Å²) in [5.74, 6) is 1.28. The van der Waals surface area contributed by atoms with E-state index in [1.54, 1.807) is 6.20 Å². The van der Waals surface area contributed by atoms with Gasteiger partial charge in [0.2, 0.25) is 5.95 Å². The first-order valence-electron chi connectivity index (χ1n) is 4.71. The molecule has 5 heteroatoms. The van der Waals surface area contributed by atoms with E-state index < -0.39 is 0 Å². The minimum Gasteiger partial charge on any atom is -0.368 e. The summed E-state index contributed by atoms with van der Waals surface area (Å²) in [5.41, 5.74) is 7.36. The van der Waals surface area contributed by atoms with Crippen molar-refractivity contribution in [2.75, 3.05) is 5.73 Å². The fourth-order valence-corrected chi connectivity index (χ4v) is 1.48. The second-order valence-corrected chi connectivity index (χ2v) is 3.49. The third kappa shape index (κ3) is 2.12. The van der Waals surface area contributed by atoms with Gasteiger partial charge in [-0.05, 0) is 13.0 Å². The molecule has 2 N–H and O–H groups in total. The molecule has 0 amide bonds. The Bertz CT molecular complexity index is 454. The number of hydrogen-bond donors (Lipinski definition) is 1. The van der Waals surface area contributed by atoms with E-state index in [4.69, 9.17) is 5.73 Å². The van der Waals surface area contributed by atoms with Crippen molar-refractivity contribution in [3.63, 3.8) is 0 Å². The van der Waals surface area contributed by atoms with Gasteiger partial charge in [0.1, 0.15) is 5.82 Å². The van der Waals surface area contributed by atoms with Crippen LogP contribution in [-0.4, -0.2) is 19.5 Å². The van der Waals surface area contributed by atoms with Gasteiger partial charge in [0.15, 0.2) is 0 Å². The summed E-state index contributed by atoms with van der Waals surface area (Å²) in [4.78, 5) is 12.4. The number of rotatable bonds is 2. The van der Waals surface area contributed by atoms with Gasteiger partial charge in [-0.25, -0.2) is 15.0 Å². The molecular weight excluding hydrogens is 190 g/mol. The molecule has 5 nitrogen and oxygen atoms in total. The van der Waals surface area contributed by atoms with Gasteiger partial charge in [0.05, 0.1) is 5.69 Å². The topological polar surface area (TPSA) is 69.6 Å². The van der Waals surface area contributed by atoms with Crippen LogP contribution < -0.4 is 5.73 Å². The molecule has 0 aliphatic carbocycles. The number of aryl methyl sites for hydroxylation is 2. The Morgan fingerprint density at radius 1 is 1.40 bits per heavy atom. The maximum Gasteiger partial charge on any atom is 0.220 e. The van der Waals surface area contributed by atoms with E-state index >= 15 is 0 Å². The van der Waals surface area contributed by atoms with Crippen molar-refractivity contribution in [1.29, 1.82) is 0 Å². The Hall–Kier alpha value is -1.91. The van der Waals surface area contributed by atoms with Gasteiger partial charge in [-0.2, -0.15) is 0 Å². The van der Waals surface area contributed by atoms with Crippen LogP contribution >= 0.6 is 0 Å². The highest BCUT2D eigenvalue weighted by atomic mass is 15.0. The molecule has 0 aliphatic heterocycles. The third-order valence-corrected chi connectivity index (χ3v) is 2.18. The van der Waals surface area contributed by atoms with Crippen LogP contribution in [0, 0.1) is 6.92 Å². The molecule has 2 heterocycles. The fourth-order valence-electron chi connectivity index (χ4n) is 1.48. The lowest BCUT2D eigenvalue weighted by molar-refractivity contribution is 0.809. The van der Waals surface area contributed by atoms with Gasteiger partial charge in [-0.1, -0.05) is 0 Å². The molecule has 0 fully saturated rings. The van der Waals surface area contributed by atoms with Crippen LogP contribution in [0.25, 0.3) is 0 Å². The Balaban J connectivity index is 2.28. The molecule has 15 heavy (non-hydrogen) atoms. The lowest BCUT2D eigenvalue weighted by atomic mass is 10.2. The van der Waals surface area contributed by atoms with E-state index in [0.29, 0.717) is 12.4 Å². The molecular formula is C10H13N5. The third-order valence-electron chi connectivity index (χ3n) is 2.18. The molecule has 0 spiro atoms. The van der Waals surface area contributed by atoms with Crippen LogP contribution in [-0.2, 0) is 13.5 Å². The number of nitrogen functional groups attached to an aromatic ring is 1. The summed E-state index contributed by atoms with van der Waals surface area (Å²) in [6.45, 7) is 1.90. The number of imidazole rings is 1. The molecule has 2 aromatic heterocycles. The lowest BCUT2D eigenvalue weighted by Crippen LogP contribution is -2.04. The van der Waals surface area contributed by atoms with Gasteiger partial charge in [0.25, 0.3) is 0 Å². The molecule has 0 saturated heterocycles. The smallest absolute Gasteiger partial charge is 0.220 e. The molecule has 0 aliphatic rings. The Labute approximate surface area is 88.0 Å². The highest BCUT2D eigenvalue weighted by molar-refractivity contribution is 5.23. The summed E-state index contributed by atoms with van der Waals surface area (Å²) >= 11 is 0. The SMILES string of the molecule is Cc1cc(Cc2nccn2C)nc(N)n1. The van der Waals surface area contributed by atoms with Crippen LogP contribution in [0.2, 0.25) is 0 Å². The van der Waals surface area contributed by atoms with E-state index in [1.165, 1.54) is 0 Å². The molecule has 0 atom stereocenters. The minimum atomic E-state index is 0.319. The Kier molecular flexibility index (Phi) is 2.37. The summed E-state index contributed by atoms with van der Waals surface area (Å²) in [6, 6.07) is 1.92. The van der Waals surface area contributed by atoms with Crippen molar-refractivity contribution in [2.24, 2.45) is 7.05 Å². The standard InChI is InChI=1S/C10H13N5/c1-7-5-8(14-10(11)13-7)6-9-12-3-4-15(9)2/h3-5H,6H2,1-2H3,(H2,11,13,14). The summed E-state index contributed by atoms with van der Waals surface area (Å²) in [7, 11) is 1.96.